The lowest BCUT2D eigenvalue weighted by Gasteiger charge is -2.26. The molecular formula is C46H56N12O11. The molecular weight excluding hydrogens is 897 g/mol. The van der Waals surface area contributed by atoms with Gasteiger partial charge in [-0.15, -0.1) is 0 Å². The van der Waals surface area contributed by atoms with Crippen LogP contribution in [0.25, 0.3) is 33.1 Å². The molecule has 0 saturated heterocycles. The minimum Gasteiger partial charge on any atom is -0.480 e. The second kappa shape index (κ2) is 24.4. The number of benzene rings is 2. The van der Waals surface area contributed by atoms with Crippen LogP contribution < -0.4 is 27.7 Å². The van der Waals surface area contributed by atoms with Gasteiger partial charge >= 0.3 is 12.1 Å². The second-order valence-electron chi connectivity index (χ2n) is 16.2. The van der Waals surface area contributed by atoms with E-state index in [1.807, 2.05) is 38.1 Å². The number of carbonyl (C=O) groups is 4. The van der Waals surface area contributed by atoms with Crippen molar-refractivity contribution in [2.75, 3.05) is 64.3 Å². The predicted molar refractivity (Wildman–Crippen MR) is 254 cm³/mol. The molecule has 0 fully saturated rings. The lowest BCUT2D eigenvalue weighted by atomic mass is 10.1. The number of aromatic amines is 1. The Morgan fingerprint density at radius 3 is 2.35 bits per heavy atom. The molecule has 1 atom stereocenters. The number of H-pyrrole nitrogens is 1. The maximum Gasteiger partial charge on any atom is 0.508 e. The zero-order chi connectivity index (χ0) is 49.3. The van der Waals surface area contributed by atoms with Crippen LogP contribution in [0.5, 0.6) is 0 Å². The first kappa shape index (κ1) is 50.8. The molecule has 6 aromatic rings. The lowest BCUT2D eigenvalue weighted by Crippen LogP contribution is -2.41. The Bertz CT molecular complexity index is 2830. The summed E-state index contributed by atoms with van der Waals surface area (Å²) >= 11 is 0. The minimum absolute atomic E-state index is 0.00481. The highest BCUT2D eigenvalue weighted by atomic mass is 16.7. The van der Waals surface area contributed by atoms with Gasteiger partial charge in [0.05, 0.1) is 75.3 Å². The Kier molecular flexibility index (Phi) is 18.0. The second-order valence-corrected chi connectivity index (χ2v) is 16.2. The number of nitrogens with one attached hydrogen (secondary N) is 3. The third-order valence-corrected chi connectivity index (χ3v) is 10.3. The number of imidazole rings is 1. The number of para-hydroxylation sites is 1. The van der Waals surface area contributed by atoms with Crippen LogP contribution in [0.15, 0.2) is 64.5 Å². The number of hydrogen-bond donors (Lipinski definition) is 6. The highest BCUT2D eigenvalue weighted by Crippen LogP contribution is 2.31. The highest BCUT2D eigenvalue weighted by Gasteiger charge is 2.29. The molecule has 2 amide bonds. The van der Waals surface area contributed by atoms with Crippen molar-refractivity contribution in [3.05, 3.63) is 82.2 Å². The smallest absolute Gasteiger partial charge is 0.480 e. The van der Waals surface area contributed by atoms with Crippen molar-refractivity contribution in [2.24, 2.45) is 4.99 Å². The average Bonchev–Trinajstić information content (AvgIpc) is 3.67. The van der Waals surface area contributed by atoms with Crippen molar-refractivity contribution >= 4 is 80.7 Å². The van der Waals surface area contributed by atoms with Crippen LogP contribution in [-0.2, 0) is 46.2 Å². The fraction of sp³-hybridized carbons (Fsp3) is 0.413. The maximum atomic E-state index is 12.8. The molecule has 4 aromatic heterocycles. The summed E-state index contributed by atoms with van der Waals surface area (Å²) in [5.74, 6) is -1.24. The molecule has 23 nitrogen and oxygen atoms in total. The number of hydrogen-bond acceptors (Lipinski definition) is 18. The third kappa shape index (κ3) is 14.7. The topological polar surface area (TPSA) is 325 Å². The summed E-state index contributed by atoms with van der Waals surface area (Å²) in [6.45, 7) is 7.61. The van der Waals surface area contributed by atoms with Gasteiger partial charge in [-0.2, -0.15) is 4.98 Å². The van der Waals surface area contributed by atoms with Crippen LogP contribution in [0, 0.1) is 0 Å². The van der Waals surface area contributed by atoms with Crippen LogP contribution >= 0.6 is 0 Å². The summed E-state index contributed by atoms with van der Waals surface area (Å²) in [4.78, 5) is 90.0. The molecule has 0 bridgehead atoms. The standard InChI is InChI=1S/C46H56N12O11/c1-4-5-10-34-55-36-38(31-8-6-7-9-32(31)53-39(36)47)58(34)27-46(2,3)69-45(64)68-24-23-67-22-21-66-20-19-65-18-17-49-35(59)16-15-33(43(62)63)54-41(60)28-11-13-29(14-12-28)50-25-30-26-51-40-37(52-30)42(61)57-44(48)56-40/h6-9,11-14,25-26,33H,4-5,10,15-24,27H2,1-3H3,(H2,47,53)(H,49,59)(H,54,60)(H,62,63)(H3,48,51,56,57,61). The molecule has 23 heteroatoms. The van der Waals surface area contributed by atoms with Crippen molar-refractivity contribution in [1.82, 2.24) is 45.1 Å². The van der Waals surface area contributed by atoms with Crippen molar-refractivity contribution < 1.29 is 48.0 Å². The number of carboxylic acid groups (broad SMARTS) is 1. The number of nitrogen functional groups attached to an aromatic ring is 2. The molecule has 2 aromatic carbocycles. The van der Waals surface area contributed by atoms with E-state index in [0.717, 1.165) is 41.5 Å². The number of anilines is 2. The van der Waals surface area contributed by atoms with Crippen LogP contribution in [0.3, 0.4) is 0 Å². The Balaban J connectivity index is 0.794. The van der Waals surface area contributed by atoms with E-state index in [1.54, 1.807) is 0 Å². The van der Waals surface area contributed by atoms with Gasteiger partial charge in [0, 0.05) is 30.3 Å². The quantitative estimate of drug-likeness (QED) is 0.0257. The van der Waals surface area contributed by atoms with Crippen molar-refractivity contribution in [3.63, 3.8) is 0 Å². The van der Waals surface area contributed by atoms with E-state index >= 15 is 0 Å². The molecule has 0 aliphatic carbocycles. The first-order valence-corrected chi connectivity index (χ1v) is 22.3. The molecule has 1 unspecified atom stereocenters. The number of carboxylic acids is 1. The summed E-state index contributed by atoms with van der Waals surface area (Å²) in [7, 11) is 0. The van der Waals surface area contributed by atoms with Crippen molar-refractivity contribution in [3.8, 4) is 0 Å². The van der Waals surface area contributed by atoms with Crippen LogP contribution in [0.1, 0.15) is 68.3 Å². The van der Waals surface area contributed by atoms with Gasteiger partial charge in [0.2, 0.25) is 11.9 Å². The number of aromatic nitrogens is 7. The molecule has 0 spiro atoms. The van der Waals surface area contributed by atoms with Gasteiger partial charge < -0.3 is 55.5 Å². The third-order valence-electron chi connectivity index (χ3n) is 10.3. The number of nitrogens with two attached hydrogens (primary N) is 2. The summed E-state index contributed by atoms with van der Waals surface area (Å²) < 4.78 is 29.6. The Morgan fingerprint density at radius 1 is 0.913 bits per heavy atom. The number of nitrogens with zero attached hydrogens (tertiary/aromatic N) is 7. The SMILES string of the molecule is CCCCc1nc2c(N)nc3ccccc3c2n1CC(C)(C)OC(=O)OCCOCCOCCOCCNC(=O)CCC(NC(=O)c1ccc(N=Cc2cnc3nc(N)[nH]c(=O)c3n2)cc1)C(=O)O. The number of aliphatic imine (C=N–C) groups is 1. The van der Waals surface area contributed by atoms with Gasteiger partial charge in [-0.1, -0.05) is 31.5 Å². The van der Waals surface area contributed by atoms with E-state index in [9.17, 15) is 29.1 Å². The highest BCUT2D eigenvalue weighted by molar-refractivity contribution is 6.06. The molecule has 4 heterocycles. The van der Waals surface area contributed by atoms with E-state index in [1.165, 1.54) is 36.7 Å². The van der Waals surface area contributed by atoms with E-state index in [-0.39, 0.29) is 94.0 Å². The molecule has 69 heavy (non-hydrogen) atoms. The van der Waals surface area contributed by atoms with E-state index in [4.69, 9.17) is 40.1 Å². The van der Waals surface area contributed by atoms with Crippen LogP contribution in [-0.4, -0.2) is 134 Å². The fourth-order valence-electron chi connectivity index (χ4n) is 6.97. The number of unbranched alkanes of at least 4 members (excludes halogenated alkanes) is 1. The summed E-state index contributed by atoms with van der Waals surface area (Å²) in [6, 6.07) is 12.4. The van der Waals surface area contributed by atoms with E-state index in [2.05, 4.69) is 52.0 Å². The van der Waals surface area contributed by atoms with Gasteiger partial charge in [0.25, 0.3) is 11.5 Å². The van der Waals surface area contributed by atoms with Gasteiger partial charge in [-0.25, -0.2) is 29.5 Å². The number of pyridine rings is 1. The number of ether oxygens (including phenoxy) is 5. The number of fused-ring (bicyclic) bond motifs is 4. The Hall–Kier alpha value is -7.63. The lowest BCUT2D eigenvalue weighted by molar-refractivity contribution is -0.139. The maximum absolute atomic E-state index is 12.8. The largest absolute Gasteiger partial charge is 0.508 e. The normalized spacial score (nSPS) is 12.2. The molecule has 366 valence electrons. The molecule has 6 rings (SSSR count). The van der Waals surface area contributed by atoms with Crippen molar-refractivity contribution in [1.29, 1.82) is 0 Å². The molecule has 8 N–H and O–H groups in total. The van der Waals surface area contributed by atoms with Crippen molar-refractivity contribution in [2.45, 2.75) is 71.1 Å². The monoisotopic (exact) mass is 952 g/mol. The fourth-order valence-corrected chi connectivity index (χ4v) is 6.97. The Labute approximate surface area is 395 Å². The number of rotatable bonds is 26. The van der Waals surface area contributed by atoms with Gasteiger partial charge in [0.1, 0.15) is 35.3 Å². The zero-order valence-electron chi connectivity index (χ0n) is 38.6. The summed E-state index contributed by atoms with van der Waals surface area (Å²) in [6.07, 6.45) is 4.28. The zero-order valence-corrected chi connectivity index (χ0v) is 38.6. The number of amides is 2. The molecule has 0 radical (unpaired) electrons. The minimum atomic E-state index is -1.31. The average molecular weight is 953 g/mol. The first-order chi connectivity index (χ1) is 33.2. The number of aliphatic carboxylic acids is 1. The van der Waals surface area contributed by atoms with E-state index in [0.29, 0.717) is 23.6 Å². The van der Waals surface area contributed by atoms with Gasteiger partial charge in [-0.3, -0.25) is 24.4 Å². The molecule has 0 saturated carbocycles. The van der Waals surface area contributed by atoms with Gasteiger partial charge in [-0.05, 0) is 57.0 Å². The van der Waals surface area contributed by atoms with Gasteiger partial charge in [0.15, 0.2) is 17.0 Å². The number of aryl methyl sites for hydroxylation is 1. The molecule has 0 aliphatic rings. The van der Waals surface area contributed by atoms with E-state index < -0.39 is 41.1 Å². The first-order valence-electron chi connectivity index (χ1n) is 22.3. The summed E-state index contributed by atoms with van der Waals surface area (Å²) in [5, 5.41) is 15.7. The number of carbonyl (C=O) groups excluding carboxylic acids is 3. The molecule has 0 aliphatic heterocycles. The summed E-state index contributed by atoms with van der Waals surface area (Å²) in [5.41, 5.74) is 13.6. The van der Waals surface area contributed by atoms with Crippen LogP contribution in [0.2, 0.25) is 0 Å². The van der Waals surface area contributed by atoms with Crippen LogP contribution in [0.4, 0.5) is 22.2 Å². The predicted octanol–water partition coefficient (Wildman–Crippen LogP) is 3.63. The Morgan fingerprint density at radius 2 is 1.62 bits per heavy atom.